The van der Waals surface area contributed by atoms with Gasteiger partial charge in [-0.15, -0.1) is 10.2 Å². The van der Waals surface area contributed by atoms with Crippen LogP contribution in [0.2, 0.25) is 0 Å². The van der Waals surface area contributed by atoms with E-state index in [4.69, 9.17) is 4.98 Å². The lowest BCUT2D eigenvalue weighted by atomic mass is 10.1. The fourth-order valence-electron chi connectivity index (χ4n) is 4.24. The third-order valence-electron chi connectivity index (χ3n) is 6.25. The second kappa shape index (κ2) is 8.98. The molecule has 2 aromatic carbocycles. The summed E-state index contributed by atoms with van der Waals surface area (Å²) in [5.74, 6) is 2.45. The van der Waals surface area contributed by atoms with E-state index in [0.717, 1.165) is 39.3 Å². The second-order valence-electron chi connectivity index (χ2n) is 8.51. The predicted octanol–water partition coefficient (Wildman–Crippen LogP) is 5.10. The molecule has 0 fully saturated rings. The lowest BCUT2D eigenvalue weighted by Gasteiger charge is -2.17. The molecule has 5 aromatic rings. The van der Waals surface area contributed by atoms with Gasteiger partial charge in [0.25, 0.3) is 5.56 Å². The van der Waals surface area contributed by atoms with E-state index >= 15 is 0 Å². The lowest BCUT2D eigenvalue weighted by molar-refractivity contribution is 0.596. The first kappa shape index (κ1) is 22.1. The van der Waals surface area contributed by atoms with Gasteiger partial charge < -0.3 is 0 Å². The number of pyridine rings is 1. The summed E-state index contributed by atoms with van der Waals surface area (Å²) in [5, 5.41) is 11.0. The summed E-state index contributed by atoms with van der Waals surface area (Å²) in [7, 11) is 0. The summed E-state index contributed by atoms with van der Waals surface area (Å²) in [5.41, 5.74) is 4.77. The van der Waals surface area contributed by atoms with E-state index in [1.54, 1.807) is 34.3 Å². The molecule has 4 heterocycles. The minimum absolute atomic E-state index is 0.0526. The number of para-hydroxylation sites is 1. The highest BCUT2D eigenvalue weighted by molar-refractivity contribution is 8.00. The molecule has 9 heteroatoms. The van der Waals surface area contributed by atoms with Gasteiger partial charge in [-0.3, -0.25) is 18.9 Å². The van der Waals surface area contributed by atoms with Crippen molar-refractivity contribution in [2.24, 2.45) is 0 Å². The maximum absolute atomic E-state index is 13.6. The summed E-state index contributed by atoms with van der Waals surface area (Å²) >= 11 is 3.30. The number of nitrogens with zero attached hydrogens (tertiary/aromatic N) is 6. The van der Waals surface area contributed by atoms with Crippen LogP contribution < -0.4 is 5.56 Å². The number of hydrogen-bond acceptors (Lipinski definition) is 7. The number of thioether (sulfide) groups is 2. The number of benzene rings is 2. The van der Waals surface area contributed by atoms with Crippen LogP contribution in [0.25, 0.3) is 28.0 Å². The summed E-state index contributed by atoms with van der Waals surface area (Å²) in [6.07, 6.45) is 3.57. The number of hydrogen-bond donors (Lipinski definition) is 0. The van der Waals surface area contributed by atoms with Gasteiger partial charge in [-0.1, -0.05) is 41.7 Å². The van der Waals surface area contributed by atoms with Crippen molar-refractivity contribution >= 4 is 34.4 Å². The van der Waals surface area contributed by atoms with Gasteiger partial charge >= 0.3 is 0 Å². The molecule has 0 saturated heterocycles. The van der Waals surface area contributed by atoms with Crippen molar-refractivity contribution in [2.75, 3.05) is 11.5 Å². The molecule has 3 aromatic heterocycles. The Hall–Kier alpha value is -3.43. The first-order valence-corrected chi connectivity index (χ1v) is 13.3. The summed E-state index contributed by atoms with van der Waals surface area (Å²) < 4.78 is 3.94. The summed E-state index contributed by atoms with van der Waals surface area (Å²) in [6, 6.07) is 17.7. The van der Waals surface area contributed by atoms with Gasteiger partial charge in [-0.05, 0) is 61.4 Å². The molecular weight excluding hydrogens is 476 g/mol. The first-order valence-electron chi connectivity index (χ1n) is 11.3. The second-order valence-corrected chi connectivity index (χ2v) is 10.5. The van der Waals surface area contributed by atoms with Crippen molar-refractivity contribution < 1.29 is 0 Å². The normalized spacial score (nSPS) is 15.0. The van der Waals surface area contributed by atoms with Crippen LogP contribution >= 0.6 is 23.5 Å². The number of aromatic nitrogens is 6. The van der Waals surface area contributed by atoms with Crippen molar-refractivity contribution in [2.45, 2.75) is 30.2 Å². The molecule has 6 rings (SSSR count). The molecule has 7 nitrogen and oxygen atoms in total. The van der Waals surface area contributed by atoms with Crippen molar-refractivity contribution in [1.29, 1.82) is 0 Å². The third kappa shape index (κ3) is 3.94. The van der Waals surface area contributed by atoms with Gasteiger partial charge in [-0.2, -0.15) is 0 Å². The van der Waals surface area contributed by atoms with Crippen molar-refractivity contribution in [3.8, 4) is 17.1 Å². The van der Waals surface area contributed by atoms with Gasteiger partial charge in [0.05, 0.1) is 22.6 Å². The Labute approximate surface area is 210 Å². The average Bonchev–Trinajstić information content (AvgIpc) is 3.48. The van der Waals surface area contributed by atoms with Crippen molar-refractivity contribution in [3.63, 3.8) is 0 Å². The van der Waals surface area contributed by atoms with Gasteiger partial charge in [0.1, 0.15) is 0 Å². The molecule has 0 aliphatic carbocycles. The Morgan fingerprint density at radius 1 is 1.06 bits per heavy atom. The Balaban J connectivity index is 1.40. The Morgan fingerprint density at radius 3 is 2.77 bits per heavy atom. The number of fused-ring (bicyclic) bond motifs is 2. The highest BCUT2D eigenvalue weighted by atomic mass is 32.2. The molecule has 174 valence electrons. The molecule has 0 amide bonds. The zero-order chi connectivity index (χ0) is 23.9. The zero-order valence-corrected chi connectivity index (χ0v) is 20.9. The van der Waals surface area contributed by atoms with Gasteiger partial charge in [0.2, 0.25) is 0 Å². The molecule has 0 radical (unpaired) electrons. The van der Waals surface area contributed by atoms with Crippen LogP contribution in [0.1, 0.15) is 17.2 Å². The fraction of sp³-hybridized carbons (Fsp3) is 0.192. The molecule has 0 bridgehead atoms. The number of aryl methyl sites for hydroxylation is 2. The third-order valence-corrected chi connectivity index (χ3v) is 8.42. The maximum Gasteiger partial charge on any atom is 0.266 e. The molecule has 1 atom stereocenters. The van der Waals surface area contributed by atoms with Crippen LogP contribution in [-0.4, -0.2) is 40.8 Å². The highest BCUT2D eigenvalue weighted by Crippen LogP contribution is 2.38. The molecule has 0 spiro atoms. The SMILES string of the molecule is Cc1ccc(-n2c(SCC3CSc4nnc(-c5cccnc5)n43)nc3ccccc3c2=O)cc1C. The molecular formula is C26H22N6OS2. The average molecular weight is 499 g/mol. The van der Waals surface area contributed by atoms with Gasteiger partial charge in [0.15, 0.2) is 16.1 Å². The molecule has 1 aliphatic heterocycles. The maximum atomic E-state index is 13.6. The van der Waals surface area contributed by atoms with Crippen LogP contribution in [0, 0.1) is 13.8 Å². The van der Waals surface area contributed by atoms with Gasteiger partial charge in [0, 0.05) is 29.5 Å². The quantitative estimate of drug-likeness (QED) is 0.247. The standard InChI is InChI=1S/C26H22N6OS2/c1-16-9-10-19(12-17(16)2)32-24(33)21-7-3-4-8-22(21)28-25(32)34-14-20-15-35-26-30-29-23(31(20)26)18-6-5-11-27-13-18/h3-13,20H,14-15H2,1-2H3. The minimum atomic E-state index is -0.0526. The lowest BCUT2D eigenvalue weighted by Crippen LogP contribution is -2.22. The van der Waals surface area contributed by atoms with E-state index in [1.807, 2.05) is 48.7 Å². The minimum Gasteiger partial charge on any atom is -0.297 e. The van der Waals surface area contributed by atoms with E-state index < -0.39 is 0 Å². The van der Waals surface area contributed by atoms with E-state index in [0.29, 0.717) is 16.1 Å². The zero-order valence-electron chi connectivity index (χ0n) is 19.3. The molecule has 1 aliphatic rings. The fourth-order valence-corrected chi connectivity index (χ4v) is 6.56. The van der Waals surface area contributed by atoms with Crippen LogP contribution in [0.3, 0.4) is 0 Å². The molecule has 35 heavy (non-hydrogen) atoms. The van der Waals surface area contributed by atoms with Crippen molar-refractivity contribution in [1.82, 2.24) is 29.3 Å². The molecule has 0 N–H and O–H groups in total. The van der Waals surface area contributed by atoms with E-state index in [-0.39, 0.29) is 11.6 Å². The summed E-state index contributed by atoms with van der Waals surface area (Å²) in [6.45, 7) is 4.14. The van der Waals surface area contributed by atoms with Crippen LogP contribution in [0.4, 0.5) is 0 Å². The summed E-state index contributed by atoms with van der Waals surface area (Å²) in [4.78, 5) is 22.8. The van der Waals surface area contributed by atoms with Crippen molar-refractivity contribution in [3.05, 3.63) is 88.5 Å². The highest BCUT2D eigenvalue weighted by Gasteiger charge is 2.29. The van der Waals surface area contributed by atoms with E-state index in [9.17, 15) is 4.79 Å². The smallest absolute Gasteiger partial charge is 0.266 e. The Morgan fingerprint density at radius 2 is 1.94 bits per heavy atom. The van der Waals surface area contributed by atoms with Crippen LogP contribution in [0.15, 0.2) is 82.1 Å². The largest absolute Gasteiger partial charge is 0.297 e. The number of rotatable bonds is 5. The first-order chi connectivity index (χ1) is 17.1. The Kier molecular flexibility index (Phi) is 5.66. The van der Waals surface area contributed by atoms with E-state index in [1.165, 1.54) is 5.56 Å². The predicted molar refractivity (Wildman–Crippen MR) is 141 cm³/mol. The monoisotopic (exact) mass is 498 g/mol. The molecule has 0 saturated carbocycles. The van der Waals surface area contributed by atoms with Crippen LogP contribution in [0.5, 0.6) is 0 Å². The van der Waals surface area contributed by atoms with Gasteiger partial charge in [-0.25, -0.2) is 4.98 Å². The van der Waals surface area contributed by atoms with Crippen LogP contribution in [-0.2, 0) is 0 Å². The molecule has 1 unspecified atom stereocenters. The van der Waals surface area contributed by atoms with E-state index in [2.05, 4.69) is 45.7 Å². The Bertz CT molecular complexity index is 1610. The topological polar surface area (TPSA) is 78.5 Å².